The summed E-state index contributed by atoms with van der Waals surface area (Å²) in [5.41, 5.74) is -0.0205. The predicted octanol–water partition coefficient (Wildman–Crippen LogP) is 2.84. The van der Waals surface area contributed by atoms with Gasteiger partial charge in [-0.2, -0.15) is 18.3 Å². The SMILES string of the molecule is O=C(c1cc2c(cn1)c(Nc1ncc(F)cc1O)nn2CC(F)(F)F)N1CCCOCC1. The highest BCUT2D eigenvalue weighted by Crippen LogP contribution is 2.31. The van der Waals surface area contributed by atoms with E-state index in [1.165, 1.54) is 17.2 Å². The number of alkyl halides is 3. The van der Waals surface area contributed by atoms with E-state index in [9.17, 15) is 27.5 Å². The van der Waals surface area contributed by atoms with Gasteiger partial charge in [0.05, 0.1) is 23.7 Å². The second kappa shape index (κ2) is 8.57. The van der Waals surface area contributed by atoms with Gasteiger partial charge in [-0.05, 0) is 12.5 Å². The second-order valence-corrected chi connectivity index (χ2v) is 7.11. The Morgan fingerprint density at radius 3 is 2.72 bits per heavy atom. The van der Waals surface area contributed by atoms with Crippen molar-refractivity contribution in [1.29, 1.82) is 0 Å². The molecule has 3 aromatic rings. The Morgan fingerprint density at radius 2 is 1.97 bits per heavy atom. The van der Waals surface area contributed by atoms with Crippen LogP contribution in [0.15, 0.2) is 24.5 Å². The Kier molecular flexibility index (Phi) is 5.82. The molecule has 170 valence electrons. The zero-order valence-corrected chi connectivity index (χ0v) is 16.6. The van der Waals surface area contributed by atoms with Crippen LogP contribution < -0.4 is 5.32 Å². The van der Waals surface area contributed by atoms with Gasteiger partial charge in [-0.25, -0.2) is 9.37 Å². The molecule has 9 nitrogen and oxygen atoms in total. The van der Waals surface area contributed by atoms with Crippen LogP contribution in [0.4, 0.5) is 29.2 Å². The number of aromatic nitrogens is 4. The van der Waals surface area contributed by atoms with E-state index < -0.39 is 30.2 Å². The van der Waals surface area contributed by atoms with Crippen LogP contribution in [0.2, 0.25) is 0 Å². The van der Waals surface area contributed by atoms with Gasteiger partial charge in [-0.3, -0.25) is 14.5 Å². The molecule has 0 unspecified atom stereocenters. The summed E-state index contributed by atoms with van der Waals surface area (Å²) in [5.74, 6) is -2.05. The average Bonchev–Trinajstić information content (AvgIpc) is 2.90. The minimum Gasteiger partial charge on any atom is -0.504 e. The molecule has 0 aromatic carbocycles. The summed E-state index contributed by atoms with van der Waals surface area (Å²) >= 11 is 0. The standard InChI is InChI=1S/C19H18F4N6O3/c20-11-6-15(30)17(25-8-11)26-16-12-9-24-13(18(31)28-2-1-4-32-5-3-28)7-14(12)29(27-16)10-19(21,22)23/h6-9,30H,1-5,10H2,(H,25,26,27). The Bertz CT molecular complexity index is 1140. The maximum absolute atomic E-state index is 13.2. The summed E-state index contributed by atoms with van der Waals surface area (Å²) in [4.78, 5) is 22.2. The number of anilines is 2. The van der Waals surface area contributed by atoms with Crippen molar-refractivity contribution < 1.29 is 32.2 Å². The summed E-state index contributed by atoms with van der Waals surface area (Å²) in [6.45, 7) is 0.269. The van der Waals surface area contributed by atoms with Crippen LogP contribution >= 0.6 is 0 Å². The molecule has 1 aliphatic heterocycles. The van der Waals surface area contributed by atoms with Crippen molar-refractivity contribution >= 4 is 28.4 Å². The van der Waals surface area contributed by atoms with Crippen molar-refractivity contribution in [2.75, 3.05) is 31.6 Å². The molecule has 0 aliphatic carbocycles. The van der Waals surface area contributed by atoms with Gasteiger partial charge in [-0.1, -0.05) is 0 Å². The van der Waals surface area contributed by atoms with Gasteiger partial charge >= 0.3 is 6.18 Å². The van der Waals surface area contributed by atoms with Crippen molar-refractivity contribution in [3.05, 3.63) is 36.0 Å². The minimum atomic E-state index is -4.58. The highest BCUT2D eigenvalue weighted by molar-refractivity contribution is 5.98. The van der Waals surface area contributed by atoms with Gasteiger partial charge in [0.2, 0.25) is 0 Å². The Labute approximate surface area is 178 Å². The van der Waals surface area contributed by atoms with Gasteiger partial charge in [0, 0.05) is 32.0 Å². The molecule has 2 N–H and O–H groups in total. The van der Waals surface area contributed by atoms with Gasteiger partial charge < -0.3 is 20.1 Å². The molecular weight excluding hydrogens is 436 g/mol. The zero-order valence-electron chi connectivity index (χ0n) is 16.6. The normalized spacial score (nSPS) is 15.1. The smallest absolute Gasteiger partial charge is 0.408 e. The van der Waals surface area contributed by atoms with Crippen LogP contribution in [0.3, 0.4) is 0 Å². The lowest BCUT2D eigenvalue weighted by Crippen LogP contribution is -2.33. The first kappa shape index (κ1) is 21.7. The van der Waals surface area contributed by atoms with Crippen molar-refractivity contribution in [3.8, 4) is 5.75 Å². The Hall–Kier alpha value is -3.48. The number of rotatable bonds is 4. The molecule has 3 aromatic heterocycles. The number of halogens is 4. The maximum atomic E-state index is 13.2. The summed E-state index contributed by atoms with van der Waals surface area (Å²) in [6, 6.07) is 2.04. The molecule has 13 heteroatoms. The van der Waals surface area contributed by atoms with Crippen molar-refractivity contribution in [1.82, 2.24) is 24.6 Å². The van der Waals surface area contributed by atoms with Gasteiger partial charge in [0.15, 0.2) is 17.4 Å². The highest BCUT2D eigenvalue weighted by Gasteiger charge is 2.31. The number of amides is 1. The number of fused-ring (bicyclic) bond motifs is 1. The third-order valence-electron chi connectivity index (χ3n) is 4.76. The third-order valence-corrected chi connectivity index (χ3v) is 4.76. The monoisotopic (exact) mass is 454 g/mol. The van der Waals surface area contributed by atoms with Crippen LogP contribution in [0.5, 0.6) is 5.75 Å². The molecule has 1 fully saturated rings. The molecule has 4 heterocycles. The van der Waals surface area contributed by atoms with Crippen LogP contribution in [0.25, 0.3) is 10.9 Å². The van der Waals surface area contributed by atoms with E-state index in [0.29, 0.717) is 37.4 Å². The summed E-state index contributed by atoms with van der Waals surface area (Å²) < 4.78 is 58.6. The fraction of sp³-hybridized carbons (Fsp3) is 0.368. The number of carbonyl (C=O) groups is 1. The Morgan fingerprint density at radius 1 is 1.16 bits per heavy atom. The molecule has 0 spiro atoms. The average molecular weight is 454 g/mol. The number of carbonyl (C=O) groups excluding carboxylic acids is 1. The van der Waals surface area contributed by atoms with Crippen LogP contribution in [-0.4, -0.2) is 68.1 Å². The van der Waals surface area contributed by atoms with E-state index in [1.54, 1.807) is 0 Å². The first-order chi connectivity index (χ1) is 15.2. The molecule has 0 radical (unpaired) electrons. The van der Waals surface area contributed by atoms with Gasteiger partial charge in [-0.15, -0.1) is 0 Å². The van der Waals surface area contributed by atoms with Crippen molar-refractivity contribution in [3.63, 3.8) is 0 Å². The number of aromatic hydroxyl groups is 1. The van der Waals surface area contributed by atoms with Crippen LogP contribution in [0, 0.1) is 5.82 Å². The first-order valence-electron chi connectivity index (χ1n) is 9.63. The molecule has 32 heavy (non-hydrogen) atoms. The van der Waals surface area contributed by atoms with E-state index in [1.807, 2.05) is 0 Å². The van der Waals surface area contributed by atoms with Gasteiger partial charge in [0.1, 0.15) is 18.1 Å². The molecule has 1 saturated heterocycles. The second-order valence-electron chi connectivity index (χ2n) is 7.11. The Balaban J connectivity index is 1.73. The minimum absolute atomic E-state index is 0.0100. The molecule has 1 aliphatic rings. The molecule has 4 rings (SSSR count). The van der Waals surface area contributed by atoms with Crippen LogP contribution in [0.1, 0.15) is 16.9 Å². The lowest BCUT2D eigenvalue weighted by atomic mass is 10.2. The molecule has 0 atom stereocenters. The van der Waals surface area contributed by atoms with E-state index in [0.717, 1.165) is 12.3 Å². The van der Waals surface area contributed by atoms with E-state index in [4.69, 9.17) is 4.74 Å². The molecule has 0 saturated carbocycles. The number of hydrogen-bond donors (Lipinski definition) is 2. The number of nitrogens with one attached hydrogen (secondary N) is 1. The summed E-state index contributed by atoms with van der Waals surface area (Å²) in [6.07, 6.45) is -1.89. The lowest BCUT2D eigenvalue weighted by molar-refractivity contribution is -0.141. The lowest BCUT2D eigenvalue weighted by Gasteiger charge is -2.19. The topological polar surface area (TPSA) is 105 Å². The highest BCUT2D eigenvalue weighted by atomic mass is 19.4. The van der Waals surface area contributed by atoms with Gasteiger partial charge in [0.25, 0.3) is 5.91 Å². The van der Waals surface area contributed by atoms with E-state index >= 15 is 0 Å². The number of pyridine rings is 2. The summed E-state index contributed by atoms with van der Waals surface area (Å²) in [7, 11) is 0. The summed E-state index contributed by atoms with van der Waals surface area (Å²) in [5, 5.41) is 16.5. The fourth-order valence-corrected chi connectivity index (χ4v) is 3.32. The largest absolute Gasteiger partial charge is 0.504 e. The first-order valence-corrected chi connectivity index (χ1v) is 9.63. The molecular formula is C19H18F4N6O3. The number of ether oxygens (including phenoxy) is 1. The van der Waals surface area contributed by atoms with Crippen LogP contribution in [-0.2, 0) is 11.3 Å². The van der Waals surface area contributed by atoms with E-state index in [2.05, 4.69) is 20.4 Å². The number of nitrogens with zero attached hydrogens (tertiary/aromatic N) is 5. The van der Waals surface area contributed by atoms with E-state index in [-0.39, 0.29) is 28.2 Å². The quantitative estimate of drug-likeness (QED) is 0.584. The predicted molar refractivity (Wildman–Crippen MR) is 104 cm³/mol. The maximum Gasteiger partial charge on any atom is 0.408 e. The number of hydrogen-bond acceptors (Lipinski definition) is 7. The molecule has 1 amide bonds. The molecule has 0 bridgehead atoms. The fourth-order valence-electron chi connectivity index (χ4n) is 3.32. The van der Waals surface area contributed by atoms with Crippen molar-refractivity contribution in [2.45, 2.75) is 19.1 Å². The zero-order chi connectivity index (χ0) is 22.9. The van der Waals surface area contributed by atoms with Crippen molar-refractivity contribution in [2.24, 2.45) is 0 Å². The third kappa shape index (κ3) is 4.72.